The maximum absolute atomic E-state index is 11.6. The summed E-state index contributed by atoms with van der Waals surface area (Å²) in [7, 11) is 0. The first-order chi connectivity index (χ1) is 6.86. The van der Waals surface area contributed by atoms with Gasteiger partial charge in [-0.25, -0.2) is 0 Å². The summed E-state index contributed by atoms with van der Waals surface area (Å²) in [5, 5.41) is 3.25. The van der Waals surface area contributed by atoms with Crippen LogP contribution >= 0.6 is 11.8 Å². The number of rotatable bonds is 4. The smallest absolute Gasteiger partial charge is 0.232 e. The standard InChI is InChI=1S/C10H18N2OS/c13-10(12-3-1-2-4-12)8-14-7-9-5-11-6-9/h9,11H,1-8H2. The van der Waals surface area contributed by atoms with E-state index in [0.29, 0.717) is 11.7 Å². The molecular formula is C10H18N2OS. The third-order valence-electron chi connectivity index (χ3n) is 2.90. The van der Waals surface area contributed by atoms with Crippen LogP contribution in [0.2, 0.25) is 0 Å². The second-order valence-electron chi connectivity index (χ2n) is 4.13. The molecule has 1 N–H and O–H groups in total. The molecule has 2 saturated heterocycles. The first kappa shape index (κ1) is 10.3. The van der Waals surface area contributed by atoms with Gasteiger partial charge in [0.05, 0.1) is 5.75 Å². The number of thioether (sulfide) groups is 1. The number of nitrogens with one attached hydrogen (secondary N) is 1. The van der Waals surface area contributed by atoms with Crippen molar-refractivity contribution in [2.75, 3.05) is 37.7 Å². The Morgan fingerprint density at radius 3 is 2.64 bits per heavy atom. The molecule has 3 nitrogen and oxygen atoms in total. The van der Waals surface area contributed by atoms with E-state index >= 15 is 0 Å². The van der Waals surface area contributed by atoms with E-state index in [9.17, 15) is 4.79 Å². The predicted molar refractivity (Wildman–Crippen MR) is 59.5 cm³/mol. The van der Waals surface area contributed by atoms with Crippen LogP contribution < -0.4 is 5.32 Å². The summed E-state index contributed by atoms with van der Waals surface area (Å²) in [4.78, 5) is 13.6. The van der Waals surface area contributed by atoms with Crippen molar-refractivity contribution in [3.05, 3.63) is 0 Å². The van der Waals surface area contributed by atoms with Crippen LogP contribution in [0.3, 0.4) is 0 Å². The van der Waals surface area contributed by atoms with Crippen molar-refractivity contribution < 1.29 is 4.79 Å². The first-order valence-electron chi connectivity index (χ1n) is 5.42. The Hall–Kier alpha value is -0.220. The van der Waals surface area contributed by atoms with Crippen LogP contribution in [-0.4, -0.2) is 48.5 Å². The lowest BCUT2D eigenvalue weighted by molar-refractivity contribution is -0.127. The van der Waals surface area contributed by atoms with Crippen molar-refractivity contribution in [2.24, 2.45) is 5.92 Å². The molecule has 0 aromatic rings. The lowest BCUT2D eigenvalue weighted by atomic mass is 10.1. The zero-order chi connectivity index (χ0) is 9.80. The summed E-state index contributed by atoms with van der Waals surface area (Å²) in [5.74, 6) is 2.99. The molecule has 2 fully saturated rings. The fourth-order valence-corrected chi connectivity index (χ4v) is 2.88. The fourth-order valence-electron chi connectivity index (χ4n) is 1.84. The van der Waals surface area contributed by atoms with Crippen LogP contribution in [-0.2, 0) is 4.79 Å². The molecule has 4 heteroatoms. The molecular weight excluding hydrogens is 196 g/mol. The van der Waals surface area contributed by atoms with Gasteiger partial charge in [0.1, 0.15) is 0 Å². The van der Waals surface area contributed by atoms with Gasteiger partial charge in [-0.3, -0.25) is 4.79 Å². The van der Waals surface area contributed by atoms with E-state index in [0.717, 1.165) is 37.8 Å². The van der Waals surface area contributed by atoms with Gasteiger partial charge in [-0.05, 0) is 37.6 Å². The van der Waals surface area contributed by atoms with Crippen LogP contribution in [0.1, 0.15) is 12.8 Å². The van der Waals surface area contributed by atoms with E-state index < -0.39 is 0 Å². The summed E-state index contributed by atoms with van der Waals surface area (Å²) in [6, 6.07) is 0. The van der Waals surface area contributed by atoms with Gasteiger partial charge in [0.25, 0.3) is 0 Å². The van der Waals surface area contributed by atoms with Crippen LogP contribution in [0.5, 0.6) is 0 Å². The number of carbonyl (C=O) groups is 1. The van der Waals surface area contributed by atoms with E-state index in [1.54, 1.807) is 11.8 Å². The fraction of sp³-hybridized carbons (Fsp3) is 0.900. The van der Waals surface area contributed by atoms with Gasteiger partial charge < -0.3 is 10.2 Å². The highest BCUT2D eigenvalue weighted by molar-refractivity contribution is 7.99. The molecule has 0 radical (unpaired) electrons. The Bertz CT molecular complexity index is 200. The molecule has 0 aliphatic carbocycles. The van der Waals surface area contributed by atoms with Gasteiger partial charge in [0.15, 0.2) is 0 Å². The van der Waals surface area contributed by atoms with Crippen LogP contribution in [0.25, 0.3) is 0 Å². The Kier molecular flexibility index (Phi) is 3.70. The maximum atomic E-state index is 11.6. The SMILES string of the molecule is O=C(CSCC1CNC1)N1CCCC1. The minimum absolute atomic E-state index is 0.347. The van der Waals surface area contributed by atoms with Gasteiger partial charge in [-0.2, -0.15) is 11.8 Å². The number of hydrogen-bond donors (Lipinski definition) is 1. The molecule has 80 valence electrons. The molecule has 14 heavy (non-hydrogen) atoms. The molecule has 2 aliphatic heterocycles. The summed E-state index contributed by atoms with van der Waals surface area (Å²) in [6.45, 7) is 4.27. The second-order valence-corrected chi connectivity index (χ2v) is 5.16. The highest BCUT2D eigenvalue weighted by Gasteiger charge is 2.20. The topological polar surface area (TPSA) is 32.3 Å². The van der Waals surface area contributed by atoms with E-state index in [4.69, 9.17) is 0 Å². The number of hydrogen-bond acceptors (Lipinski definition) is 3. The third-order valence-corrected chi connectivity index (χ3v) is 4.06. The molecule has 0 aromatic heterocycles. The zero-order valence-electron chi connectivity index (χ0n) is 8.50. The molecule has 2 heterocycles. The van der Waals surface area contributed by atoms with Crippen molar-refractivity contribution >= 4 is 17.7 Å². The lowest BCUT2D eigenvalue weighted by Crippen LogP contribution is -2.43. The van der Waals surface area contributed by atoms with Gasteiger partial charge in [0, 0.05) is 13.1 Å². The predicted octanol–water partition coefficient (Wildman–Crippen LogP) is 0.561. The van der Waals surface area contributed by atoms with Crippen molar-refractivity contribution in [3.63, 3.8) is 0 Å². The van der Waals surface area contributed by atoms with Crippen molar-refractivity contribution in [2.45, 2.75) is 12.8 Å². The molecule has 0 saturated carbocycles. The first-order valence-corrected chi connectivity index (χ1v) is 6.58. The average Bonchev–Trinajstić information content (AvgIpc) is 2.61. The van der Waals surface area contributed by atoms with Crippen LogP contribution in [0, 0.1) is 5.92 Å². The monoisotopic (exact) mass is 214 g/mol. The molecule has 0 atom stereocenters. The minimum Gasteiger partial charge on any atom is -0.342 e. The Balaban J connectivity index is 1.57. The molecule has 0 bridgehead atoms. The molecule has 1 amide bonds. The van der Waals surface area contributed by atoms with E-state index in [1.165, 1.54) is 12.8 Å². The molecule has 0 spiro atoms. The summed E-state index contributed by atoms with van der Waals surface area (Å²) >= 11 is 1.80. The maximum Gasteiger partial charge on any atom is 0.232 e. The van der Waals surface area contributed by atoms with Crippen molar-refractivity contribution in [1.82, 2.24) is 10.2 Å². The van der Waals surface area contributed by atoms with Gasteiger partial charge in [-0.15, -0.1) is 0 Å². The number of carbonyl (C=O) groups excluding carboxylic acids is 1. The van der Waals surface area contributed by atoms with Gasteiger partial charge in [0.2, 0.25) is 5.91 Å². The molecule has 0 aromatic carbocycles. The molecule has 2 rings (SSSR count). The normalized spacial score (nSPS) is 22.4. The number of likely N-dealkylation sites (tertiary alicyclic amines) is 1. The highest BCUT2D eigenvalue weighted by atomic mass is 32.2. The van der Waals surface area contributed by atoms with Gasteiger partial charge in [-0.1, -0.05) is 0 Å². The zero-order valence-corrected chi connectivity index (χ0v) is 9.31. The Labute approximate surface area is 89.6 Å². The average molecular weight is 214 g/mol. The minimum atomic E-state index is 0.347. The molecule has 2 aliphatic rings. The van der Waals surface area contributed by atoms with E-state index in [1.807, 2.05) is 4.90 Å². The Morgan fingerprint density at radius 1 is 1.36 bits per heavy atom. The van der Waals surface area contributed by atoms with E-state index in [2.05, 4.69) is 5.32 Å². The summed E-state index contributed by atoms with van der Waals surface area (Å²) < 4.78 is 0. The van der Waals surface area contributed by atoms with Crippen molar-refractivity contribution in [3.8, 4) is 0 Å². The van der Waals surface area contributed by atoms with Crippen LogP contribution in [0.4, 0.5) is 0 Å². The number of nitrogens with zero attached hydrogens (tertiary/aromatic N) is 1. The Morgan fingerprint density at radius 2 is 2.07 bits per heavy atom. The third kappa shape index (κ3) is 2.64. The lowest BCUT2D eigenvalue weighted by Gasteiger charge is -2.26. The quantitative estimate of drug-likeness (QED) is 0.742. The number of amides is 1. The van der Waals surface area contributed by atoms with Crippen molar-refractivity contribution in [1.29, 1.82) is 0 Å². The van der Waals surface area contributed by atoms with Crippen LogP contribution in [0.15, 0.2) is 0 Å². The summed E-state index contributed by atoms with van der Waals surface area (Å²) in [5.41, 5.74) is 0. The van der Waals surface area contributed by atoms with Gasteiger partial charge >= 0.3 is 0 Å². The largest absolute Gasteiger partial charge is 0.342 e. The second kappa shape index (κ2) is 5.03. The summed E-state index contributed by atoms with van der Waals surface area (Å²) in [6.07, 6.45) is 2.39. The molecule has 0 unspecified atom stereocenters. The highest BCUT2D eigenvalue weighted by Crippen LogP contribution is 2.14. The van der Waals surface area contributed by atoms with E-state index in [-0.39, 0.29) is 0 Å².